The molecule has 26 heavy (non-hydrogen) atoms. The van der Waals surface area contributed by atoms with Gasteiger partial charge in [0.25, 0.3) is 0 Å². The zero-order chi connectivity index (χ0) is 17.8. The van der Waals surface area contributed by atoms with Gasteiger partial charge in [0.2, 0.25) is 0 Å². The first-order valence-electron chi connectivity index (χ1n) is 8.09. The van der Waals surface area contributed by atoms with E-state index in [2.05, 4.69) is 21.0 Å². The number of hydrogen-bond donors (Lipinski definition) is 2. The second-order valence-corrected chi connectivity index (χ2v) is 6.08. The minimum atomic E-state index is 0.190. The van der Waals surface area contributed by atoms with Gasteiger partial charge in [-0.15, -0.1) is 0 Å². The Hall–Kier alpha value is -3.92. The summed E-state index contributed by atoms with van der Waals surface area (Å²) in [6.07, 6.45) is 0. The Morgan fingerprint density at radius 3 is 2.54 bits per heavy atom. The van der Waals surface area contributed by atoms with Crippen LogP contribution < -0.4 is 5.49 Å². The van der Waals surface area contributed by atoms with Gasteiger partial charge in [-0.3, -0.25) is 9.81 Å². The Kier molecular flexibility index (Phi) is 2.79. The van der Waals surface area contributed by atoms with Gasteiger partial charge in [0.1, 0.15) is 11.8 Å². The largest absolute Gasteiger partial charge is 0.337 e. The van der Waals surface area contributed by atoms with E-state index in [0.29, 0.717) is 17.2 Å². The number of aromatic nitrogens is 5. The van der Waals surface area contributed by atoms with Crippen molar-refractivity contribution < 1.29 is 0 Å². The third kappa shape index (κ3) is 1.78. The van der Waals surface area contributed by atoms with Crippen LogP contribution >= 0.6 is 0 Å². The molecule has 0 radical (unpaired) electrons. The van der Waals surface area contributed by atoms with E-state index >= 15 is 0 Å². The highest BCUT2D eigenvalue weighted by Gasteiger charge is 2.19. The first-order valence-corrected chi connectivity index (χ1v) is 8.09. The zero-order valence-electron chi connectivity index (χ0n) is 13.9. The minimum Gasteiger partial charge on any atom is -0.337 e. The third-order valence-corrected chi connectivity index (χ3v) is 4.62. The van der Waals surface area contributed by atoms with Gasteiger partial charge in [0.15, 0.2) is 22.7 Å². The van der Waals surface area contributed by atoms with E-state index in [0.717, 1.165) is 22.1 Å². The van der Waals surface area contributed by atoms with Crippen molar-refractivity contribution in [1.29, 1.82) is 10.7 Å². The number of benzene rings is 2. The summed E-state index contributed by atoms with van der Waals surface area (Å²) < 4.78 is 3.64. The lowest BCUT2D eigenvalue weighted by atomic mass is 10.3. The second-order valence-electron chi connectivity index (χ2n) is 6.08. The van der Waals surface area contributed by atoms with Gasteiger partial charge in [-0.25, -0.2) is 9.97 Å². The van der Waals surface area contributed by atoms with Crippen LogP contribution in [-0.4, -0.2) is 23.9 Å². The number of hydrogen-bond acceptors (Lipinski definition) is 4. The molecule has 0 spiro atoms. The van der Waals surface area contributed by atoms with Crippen molar-refractivity contribution in [1.82, 2.24) is 23.9 Å². The summed E-state index contributed by atoms with van der Waals surface area (Å²) in [6.45, 7) is 0. The molecule has 0 unspecified atom stereocenters. The van der Waals surface area contributed by atoms with Crippen molar-refractivity contribution in [2.24, 2.45) is 7.05 Å². The molecular weight excluding hydrogens is 326 g/mol. The van der Waals surface area contributed by atoms with Gasteiger partial charge in [-0.2, -0.15) is 5.26 Å². The number of para-hydroxylation sites is 4. The van der Waals surface area contributed by atoms with Crippen molar-refractivity contribution in [3.05, 3.63) is 59.7 Å². The summed E-state index contributed by atoms with van der Waals surface area (Å²) in [5.74, 6) is 0.482. The first-order chi connectivity index (χ1) is 12.7. The normalized spacial score (nSPS) is 11.4. The van der Waals surface area contributed by atoms with Gasteiger partial charge < -0.3 is 9.55 Å². The highest BCUT2D eigenvalue weighted by Crippen LogP contribution is 2.22. The predicted molar refractivity (Wildman–Crippen MR) is 97.3 cm³/mol. The lowest BCUT2D eigenvalue weighted by Crippen LogP contribution is -2.19. The first kappa shape index (κ1) is 14.4. The average molecular weight is 339 g/mol. The van der Waals surface area contributed by atoms with E-state index in [4.69, 9.17) is 5.41 Å². The molecule has 0 fully saturated rings. The number of aryl methyl sites for hydroxylation is 1. The van der Waals surface area contributed by atoms with Crippen LogP contribution in [0.4, 0.5) is 0 Å². The van der Waals surface area contributed by atoms with Gasteiger partial charge in [-0.05, 0) is 24.3 Å². The smallest absolute Gasteiger partial charge is 0.182 e. The maximum atomic E-state index is 9.66. The third-order valence-electron chi connectivity index (χ3n) is 4.62. The van der Waals surface area contributed by atoms with Crippen LogP contribution in [0, 0.1) is 16.7 Å². The topological polar surface area (TPSA) is 98.5 Å². The highest BCUT2D eigenvalue weighted by atomic mass is 15.1. The molecule has 2 N–H and O–H groups in total. The molecule has 0 atom stereocenters. The maximum Gasteiger partial charge on any atom is 0.182 e. The van der Waals surface area contributed by atoms with Crippen molar-refractivity contribution in [2.75, 3.05) is 0 Å². The molecule has 124 valence electrons. The Morgan fingerprint density at radius 2 is 1.77 bits per heavy atom. The van der Waals surface area contributed by atoms with Crippen molar-refractivity contribution >= 4 is 27.7 Å². The molecule has 7 heteroatoms. The average Bonchev–Trinajstić information content (AvgIpc) is 3.23. The van der Waals surface area contributed by atoms with Crippen LogP contribution in [0.25, 0.3) is 39.2 Å². The molecule has 0 aliphatic rings. The number of nitrogens with zero attached hydrogens (tertiary/aromatic N) is 5. The SMILES string of the molecule is Cn1c2ccccc2n2c(=N)c(-c3nc4ccccc4[nH]3)nc(C#N)c12. The van der Waals surface area contributed by atoms with E-state index in [1.54, 1.807) is 4.40 Å². The van der Waals surface area contributed by atoms with E-state index in [-0.39, 0.29) is 11.2 Å². The Balaban J connectivity index is 1.96. The van der Waals surface area contributed by atoms with Crippen molar-refractivity contribution in [3.8, 4) is 17.6 Å². The summed E-state index contributed by atoms with van der Waals surface area (Å²) >= 11 is 0. The standard InChI is InChI=1S/C19H13N7/c1-25-14-8-4-5-9-15(14)26-17(21)16(22-13(10-20)19(25)26)18-23-11-6-2-3-7-12(11)24-18/h2-9,21H,1H3,(H,23,24). The van der Waals surface area contributed by atoms with Crippen LogP contribution in [-0.2, 0) is 7.05 Å². The molecule has 3 aromatic heterocycles. The summed E-state index contributed by atoms with van der Waals surface area (Å²) in [5, 5.41) is 18.4. The van der Waals surface area contributed by atoms with Crippen molar-refractivity contribution in [3.63, 3.8) is 0 Å². The van der Waals surface area contributed by atoms with E-state index in [9.17, 15) is 5.26 Å². The molecule has 0 bridgehead atoms. The van der Waals surface area contributed by atoms with Crippen LogP contribution in [0.3, 0.4) is 0 Å². The molecule has 3 heterocycles. The summed E-state index contributed by atoms with van der Waals surface area (Å²) in [7, 11) is 1.88. The van der Waals surface area contributed by atoms with Crippen LogP contribution in [0.2, 0.25) is 0 Å². The Bertz CT molecular complexity index is 1390. The molecule has 7 nitrogen and oxygen atoms in total. The number of aromatic amines is 1. The number of nitriles is 1. The Morgan fingerprint density at radius 1 is 1.04 bits per heavy atom. The number of imidazole rings is 2. The van der Waals surface area contributed by atoms with Gasteiger partial charge >= 0.3 is 0 Å². The van der Waals surface area contributed by atoms with E-state index < -0.39 is 0 Å². The lowest BCUT2D eigenvalue weighted by molar-refractivity contribution is 0.926. The van der Waals surface area contributed by atoms with Crippen LogP contribution in [0.5, 0.6) is 0 Å². The van der Waals surface area contributed by atoms with Gasteiger partial charge in [0.05, 0.1) is 22.1 Å². The fraction of sp³-hybridized carbons (Fsp3) is 0.0526. The number of rotatable bonds is 1. The number of H-pyrrole nitrogens is 1. The van der Waals surface area contributed by atoms with Crippen molar-refractivity contribution in [2.45, 2.75) is 0 Å². The monoisotopic (exact) mass is 339 g/mol. The molecule has 2 aromatic carbocycles. The fourth-order valence-corrected chi connectivity index (χ4v) is 3.43. The minimum absolute atomic E-state index is 0.190. The van der Waals surface area contributed by atoms with Crippen LogP contribution in [0.1, 0.15) is 5.69 Å². The second kappa shape index (κ2) is 5.04. The van der Waals surface area contributed by atoms with Crippen LogP contribution in [0.15, 0.2) is 48.5 Å². The molecule has 0 saturated carbocycles. The summed E-state index contributed by atoms with van der Waals surface area (Å²) in [4.78, 5) is 12.2. The fourth-order valence-electron chi connectivity index (χ4n) is 3.43. The van der Waals surface area contributed by atoms with Gasteiger partial charge in [-0.1, -0.05) is 24.3 Å². The molecule has 0 aliphatic heterocycles. The quantitative estimate of drug-likeness (QED) is 0.491. The maximum absolute atomic E-state index is 9.66. The highest BCUT2D eigenvalue weighted by molar-refractivity contribution is 5.84. The molecule has 0 saturated heterocycles. The summed E-state index contributed by atoms with van der Waals surface area (Å²) in [5.41, 5.74) is 4.85. The predicted octanol–water partition coefficient (Wildman–Crippen LogP) is 2.72. The van der Waals surface area contributed by atoms with Gasteiger partial charge in [0, 0.05) is 7.05 Å². The van der Waals surface area contributed by atoms with E-state index in [1.165, 1.54) is 0 Å². The zero-order valence-corrected chi connectivity index (χ0v) is 13.9. The summed E-state index contributed by atoms with van der Waals surface area (Å²) in [6, 6.07) is 17.6. The molecule has 0 amide bonds. The molecule has 5 aromatic rings. The molecule has 0 aliphatic carbocycles. The Labute approximate surface area is 147 Å². The lowest BCUT2D eigenvalue weighted by Gasteiger charge is -2.04. The molecular formula is C19H13N7. The number of nitrogens with one attached hydrogen (secondary N) is 2. The number of fused-ring (bicyclic) bond motifs is 4. The molecule has 5 rings (SSSR count). The van der Waals surface area contributed by atoms with E-state index in [1.807, 2.05) is 60.1 Å².